The van der Waals surface area contributed by atoms with E-state index in [4.69, 9.17) is 0 Å². The smallest absolute Gasteiger partial charge is 0.244 e. The van der Waals surface area contributed by atoms with Crippen LogP contribution in [-0.2, 0) is 16.0 Å². The molecule has 2 amide bonds. The molecular formula is C21H23N3O2. The van der Waals surface area contributed by atoms with Crippen LogP contribution in [0.25, 0.3) is 0 Å². The molecule has 2 aromatic carbocycles. The van der Waals surface area contributed by atoms with Crippen molar-refractivity contribution in [3.8, 4) is 0 Å². The van der Waals surface area contributed by atoms with Crippen LogP contribution >= 0.6 is 0 Å². The van der Waals surface area contributed by atoms with Crippen molar-refractivity contribution in [2.75, 3.05) is 29.9 Å². The van der Waals surface area contributed by atoms with Crippen LogP contribution < -0.4 is 10.2 Å². The predicted octanol–water partition coefficient (Wildman–Crippen LogP) is 2.68. The fourth-order valence-electron chi connectivity index (χ4n) is 3.94. The molecule has 5 nitrogen and oxygen atoms in total. The first-order valence-electron chi connectivity index (χ1n) is 9.18. The van der Waals surface area contributed by atoms with Crippen LogP contribution in [0.3, 0.4) is 0 Å². The molecule has 4 rings (SSSR count). The molecule has 1 fully saturated rings. The first kappa shape index (κ1) is 16.8. The maximum Gasteiger partial charge on any atom is 0.244 e. The molecule has 2 aromatic rings. The third kappa shape index (κ3) is 3.48. The Morgan fingerprint density at radius 1 is 1.08 bits per heavy atom. The van der Waals surface area contributed by atoms with Gasteiger partial charge < -0.3 is 5.32 Å². The van der Waals surface area contributed by atoms with Crippen LogP contribution in [0.5, 0.6) is 0 Å². The van der Waals surface area contributed by atoms with Crippen LogP contribution in [0.1, 0.15) is 18.4 Å². The first-order valence-corrected chi connectivity index (χ1v) is 9.18. The predicted molar refractivity (Wildman–Crippen MR) is 102 cm³/mol. The zero-order valence-corrected chi connectivity index (χ0v) is 14.7. The molecule has 26 heavy (non-hydrogen) atoms. The molecule has 0 aliphatic carbocycles. The second-order valence-electron chi connectivity index (χ2n) is 7.00. The summed E-state index contributed by atoms with van der Waals surface area (Å²) in [4.78, 5) is 28.8. The van der Waals surface area contributed by atoms with E-state index in [-0.39, 0.29) is 18.4 Å². The van der Waals surface area contributed by atoms with Crippen molar-refractivity contribution in [1.29, 1.82) is 0 Å². The summed E-state index contributed by atoms with van der Waals surface area (Å²) in [5, 5.41) is 2.83. The Morgan fingerprint density at radius 3 is 2.69 bits per heavy atom. The van der Waals surface area contributed by atoms with Gasteiger partial charge in [-0.3, -0.25) is 19.4 Å². The number of likely N-dealkylation sites (tertiary alicyclic amines) is 1. The number of carbonyl (C=O) groups is 2. The van der Waals surface area contributed by atoms with Crippen LogP contribution in [-0.4, -0.2) is 42.4 Å². The number of nitrogens with zero attached hydrogens (tertiary/aromatic N) is 2. The van der Waals surface area contributed by atoms with E-state index >= 15 is 0 Å². The maximum atomic E-state index is 13.0. The highest BCUT2D eigenvalue weighted by molar-refractivity contribution is 6.10. The minimum absolute atomic E-state index is 0.00717. The minimum Gasteiger partial charge on any atom is -0.323 e. The van der Waals surface area contributed by atoms with Crippen molar-refractivity contribution in [2.45, 2.75) is 25.3 Å². The van der Waals surface area contributed by atoms with Gasteiger partial charge in [0.15, 0.2) is 0 Å². The molecule has 0 unspecified atom stereocenters. The average Bonchev–Trinajstić information content (AvgIpc) is 3.08. The van der Waals surface area contributed by atoms with Crippen molar-refractivity contribution < 1.29 is 9.59 Å². The summed E-state index contributed by atoms with van der Waals surface area (Å²) in [6.07, 6.45) is 3.19. The van der Waals surface area contributed by atoms with E-state index in [1.165, 1.54) is 5.56 Å². The SMILES string of the molecule is O=C1CN(C(=O)CN2CCC[C@@H]2Cc2ccccc2)c2ccccc2N1. The van der Waals surface area contributed by atoms with Crippen LogP contribution in [0, 0.1) is 0 Å². The normalized spacial score (nSPS) is 19.9. The van der Waals surface area contributed by atoms with Crippen LogP contribution in [0.4, 0.5) is 11.4 Å². The van der Waals surface area contributed by atoms with Gasteiger partial charge in [0.2, 0.25) is 11.8 Å². The zero-order chi connectivity index (χ0) is 17.9. The molecule has 2 aliphatic heterocycles. The fraction of sp³-hybridized carbons (Fsp3) is 0.333. The first-order chi connectivity index (χ1) is 12.7. The Labute approximate surface area is 153 Å². The molecule has 134 valence electrons. The summed E-state index contributed by atoms with van der Waals surface area (Å²) in [7, 11) is 0. The standard InChI is InChI=1S/C21H23N3O2/c25-20-14-24(19-11-5-4-10-18(19)22-20)21(26)15-23-12-6-9-17(23)13-16-7-2-1-3-8-16/h1-5,7-8,10-11,17H,6,9,12-15H2,(H,22,25)/t17-/m1/s1. The Kier molecular flexibility index (Phi) is 4.71. The van der Waals surface area contributed by atoms with Crippen LogP contribution in [0.15, 0.2) is 54.6 Å². The van der Waals surface area contributed by atoms with Crippen LogP contribution in [0.2, 0.25) is 0 Å². The molecule has 5 heteroatoms. The van der Waals surface area contributed by atoms with Gasteiger partial charge in [0, 0.05) is 6.04 Å². The average molecular weight is 349 g/mol. The van der Waals surface area contributed by atoms with Gasteiger partial charge in [-0.15, -0.1) is 0 Å². The van der Waals surface area contributed by atoms with Gasteiger partial charge in [0.05, 0.1) is 17.9 Å². The summed E-state index contributed by atoms with van der Waals surface area (Å²) in [5.74, 6) is -0.147. The van der Waals surface area contributed by atoms with Gasteiger partial charge in [-0.2, -0.15) is 0 Å². The van der Waals surface area contributed by atoms with E-state index < -0.39 is 0 Å². The summed E-state index contributed by atoms with van der Waals surface area (Å²) < 4.78 is 0. The number of anilines is 2. The molecular weight excluding hydrogens is 326 g/mol. The highest BCUT2D eigenvalue weighted by atomic mass is 16.2. The molecule has 0 bridgehead atoms. The molecule has 0 aromatic heterocycles. The molecule has 0 radical (unpaired) electrons. The number of nitrogens with one attached hydrogen (secondary N) is 1. The molecule has 0 saturated carbocycles. The highest BCUT2D eigenvalue weighted by Crippen LogP contribution is 2.29. The van der Waals surface area contributed by atoms with E-state index in [2.05, 4.69) is 34.5 Å². The largest absolute Gasteiger partial charge is 0.323 e. The Morgan fingerprint density at radius 2 is 1.85 bits per heavy atom. The summed E-state index contributed by atoms with van der Waals surface area (Å²) in [6.45, 7) is 1.39. The minimum atomic E-state index is -0.140. The maximum absolute atomic E-state index is 13.0. The van der Waals surface area contributed by atoms with E-state index in [0.717, 1.165) is 31.5 Å². The van der Waals surface area contributed by atoms with Gasteiger partial charge in [0.1, 0.15) is 6.54 Å². The van der Waals surface area contributed by atoms with Crippen molar-refractivity contribution in [1.82, 2.24) is 4.90 Å². The number of carbonyl (C=O) groups excluding carboxylic acids is 2. The summed E-state index contributed by atoms with van der Waals surface area (Å²) in [5.41, 5.74) is 2.80. The van der Waals surface area contributed by atoms with E-state index in [1.807, 2.05) is 30.3 Å². The monoisotopic (exact) mass is 349 g/mol. The topological polar surface area (TPSA) is 52.7 Å². The third-order valence-electron chi connectivity index (χ3n) is 5.22. The second kappa shape index (κ2) is 7.30. The van der Waals surface area contributed by atoms with Gasteiger partial charge in [-0.25, -0.2) is 0 Å². The number of amides is 2. The Hall–Kier alpha value is -2.66. The zero-order valence-electron chi connectivity index (χ0n) is 14.7. The van der Waals surface area contributed by atoms with Gasteiger partial charge >= 0.3 is 0 Å². The highest BCUT2D eigenvalue weighted by Gasteiger charge is 2.31. The Balaban J connectivity index is 1.46. The quantitative estimate of drug-likeness (QED) is 0.923. The molecule has 1 N–H and O–H groups in total. The van der Waals surface area contributed by atoms with Crippen molar-refractivity contribution in [3.63, 3.8) is 0 Å². The number of hydrogen-bond acceptors (Lipinski definition) is 3. The van der Waals surface area contributed by atoms with Gasteiger partial charge in [-0.05, 0) is 43.5 Å². The lowest BCUT2D eigenvalue weighted by Gasteiger charge is -2.32. The summed E-state index contributed by atoms with van der Waals surface area (Å²) >= 11 is 0. The molecule has 0 spiro atoms. The van der Waals surface area contributed by atoms with Crippen molar-refractivity contribution in [2.24, 2.45) is 0 Å². The number of rotatable bonds is 4. The van der Waals surface area contributed by atoms with Crippen molar-refractivity contribution in [3.05, 3.63) is 60.2 Å². The van der Waals surface area contributed by atoms with Gasteiger partial charge in [-0.1, -0.05) is 42.5 Å². The van der Waals surface area contributed by atoms with E-state index in [1.54, 1.807) is 4.90 Å². The number of para-hydroxylation sites is 2. The second-order valence-corrected chi connectivity index (χ2v) is 7.00. The lowest BCUT2D eigenvalue weighted by atomic mass is 10.0. The number of fused-ring (bicyclic) bond motifs is 1. The van der Waals surface area contributed by atoms with E-state index in [9.17, 15) is 9.59 Å². The lowest BCUT2D eigenvalue weighted by Crippen LogP contribution is -2.47. The molecule has 2 aliphatic rings. The van der Waals surface area contributed by atoms with Crippen molar-refractivity contribution >= 4 is 23.2 Å². The molecule has 1 saturated heterocycles. The van der Waals surface area contributed by atoms with E-state index in [0.29, 0.717) is 18.3 Å². The number of hydrogen-bond donors (Lipinski definition) is 1. The summed E-state index contributed by atoms with van der Waals surface area (Å²) in [6, 6.07) is 18.3. The third-order valence-corrected chi connectivity index (χ3v) is 5.22. The fourth-order valence-corrected chi connectivity index (χ4v) is 3.94. The van der Waals surface area contributed by atoms with Gasteiger partial charge in [0.25, 0.3) is 0 Å². The Bertz CT molecular complexity index is 806. The lowest BCUT2D eigenvalue weighted by molar-refractivity contribution is -0.122. The molecule has 2 heterocycles. The number of benzene rings is 2. The molecule has 1 atom stereocenters.